The van der Waals surface area contributed by atoms with Crippen molar-refractivity contribution in [3.8, 4) is 0 Å². The molecule has 1 rings (SSSR count). The van der Waals surface area contributed by atoms with Crippen LogP contribution in [0.3, 0.4) is 0 Å². The summed E-state index contributed by atoms with van der Waals surface area (Å²) in [6.07, 6.45) is -0.403. The van der Waals surface area contributed by atoms with Gasteiger partial charge in [-0.25, -0.2) is 10.2 Å². The number of hydrazine groups is 1. The van der Waals surface area contributed by atoms with E-state index >= 15 is 0 Å². The third kappa shape index (κ3) is 8.34. The topological polar surface area (TPSA) is 76.7 Å². The molecule has 0 fully saturated rings. The lowest BCUT2D eigenvalue weighted by Crippen LogP contribution is -2.39. The number of carbonyl (C=O) groups is 2. The molecule has 0 aliphatic carbocycles. The van der Waals surface area contributed by atoms with Gasteiger partial charge in [-0.1, -0.05) is 30.3 Å². The summed E-state index contributed by atoms with van der Waals surface area (Å²) in [5.41, 5.74) is 5.82. The molecular formula is C13H19ClN2O4. The fourth-order valence-corrected chi connectivity index (χ4v) is 1.29. The van der Waals surface area contributed by atoms with Crippen molar-refractivity contribution in [1.29, 1.82) is 0 Å². The largest absolute Gasteiger partial charge is 0.466 e. The van der Waals surface area contributed by atoms with Crippen LogP contribution in [0.4, 0.5) is 4.79 Å². The maximum atomic E-state index is 11.3. The second-order valence-electron chi connectivity index (χ2n) is 3.67. The Kier molecular flexibility index (Phi) is 10.1. The van der Waals surface area contributed by atoms with E-state index in [-0.39, 0.29) is 31.4 Å². The first kappa shape index (κ1) is 18.2. The van der Waals surface area contributed by atoms with Gasteiger partial charge in [-0.05, 0) is 12.5 Å². The summed E-state index contributed by atoms with van der Waals surface area (Å²) in [4.78, 5) is 22.3. The number of rotatable bonds is 7. The Labute approximate surface area is 124 Å². The summed E-state index contributed by atoms with van der Waals surface area (Å²) in [5.74, 6) is -0.311. The lowest BCUT2D eigenvalue weighted by Gasteiger charge is -2.08. The van der Waals surface area contributed by atoms with Gasteiger partial charge in [-0.2, -0.15) is 0 Å². The quantitative estimate of drug-likeness (QED) is 0.456. The summed E-state index contributed by atoms with van der Waals surface area (Å²) in [5, 5.41) is 0. The standard InChI is InChI=1S/C13H18N2O4.ClH/c1-2-18-12(16)8-9-14-15-13(17)19-10-11-6-4-3-5-7-11;/h3-7,14H,2,8-10H2,1H3,(H,15,17);1H. The molecule has 112 valence electrons. The Bertz CT molecular complexity index is 401. The molecule has 0 unspecified atom stereocenters. The molecule has 0 radical (unpaired) electrons. The fraction of sp³-hybridized carbons (Fsp3) is 0.385. The number of ether oxygens (including phenoxy) is 2. The number of esters is 1. The smallest absolute Gasteiger partial charge is 0.421 e. The Balaban J connectivity index is 0.00000361. The van der Waals surface area contributed by atoms with Gasteiger partial charge in [0.1, 0.15) is 6.61 Å². The van der Waals surface area contributed by atoms with E-state index < -0.39 is 6.09 Å². The van der Waals surface area contributed by atoms with E-state index in [2.05, 4.69) is 10.9 Å². The van der Waals surface area contributed by atoms with E-state index in [1.54, 1.807) is 6.92 Å². The van der Waals surface area contributed by atoms with Crippen molar-refractivity contribution < 1.29 is 19.1 Å². The van der Waals surface area contributed by atoms with Gasteiger partial charge in [0.2, 0.25) is 0 Å². The highest BCUT2D eigenvalue weighted by molar-refractivity contribution is 5.85. The van der Waals surface area contributed by atoms with Gasteiger partial charge in [0.25, 0.3) is 0 Å². The molecule has 7 heteroatoms. The Morgan fingerprint density at radius 1 is 1.15 bits per heavy atom. The van der Waals surface area contributed by atoms with Crippen molar-refractivity contribution in [2.75, 3.05) is 13.2 Å². The summed E-state index contributed by atoms with van der Waals surface area (Å²) in [7, 11) is 0. The molecule has 1 aromatic carbocycles. The van der Waals surface area contributed by atoms with Crippen LogP contribution in [0.2, 0.25) is 0 Å². The fourth-order valence-electron chi connectivity index (χ4n) is 1.29. The van der Waals surface area contributed by atoms with Crippen molar-refractivity contribution in [1.82, 2.24) is 10.9 Å². The third-order valence-corrected chi connectivity index (χ3v) is 2.16. The van der Waals surface area contributed by atoms with Crippen LogP contribution in [0.1, 0.15) is 18.9 Å². The Morgan fingerprint density at radius 3 is 2.50 bits per heavy atom. The molecule has 0 saturated carbocycles. The molecule has 6 nitrogen and oxygen atoms in total. The van der Waals surface area contributed by atoms with E-state index in [0.29, 0.717) is 13.2 Å². The summed E-state index contributed by atoms with van der Waals surface area (Å²) in [6, 6.07) is 9.35. The van der Waals surface area contributed by atoms with Crippen molar-refractivity contribution in [2.45, 2.75) is 20.0 Å². The molecule has 20 heavy (non-hydrogen) atoms. The first-order valence-electron chi connectivity index (χ1n) is 6.07. The molecule has 0 atom stereocenters. The minimum Gasteiger partial charge on any atom is -0.466 e. The zero-order valence-corrected chi connectivity index (χ0v) is 12.1. The summed E-state index contributed by atoms with van der Waals surface area (Å²) in [6.45, 7) is 2.58. The first-order valence-corrected chi connectivity index (χ1v) is 6.07. The van der Waals surface area contributed by atoms with E-state index in [1.807, 2.05) is 30.3 Å². The zero-order chi connectivity index (χ0) is 13.9. The maximum absolute atomic E-state index is 11.3. The van der Waals surface area contributed by atoms with Crippen LogP contribution < -0.4 is 10.9 Å². The number of hydrogen-bond donors (Lipinski definition) is 2. The van der Waals surface area contributed by atoms with Gasteiger partial charge < -0.3 is 9.47 Å². The molecule has 0 aromatic heterocycles. The second-order valence-corrected chi connectivity index (χ2v) is 3.67. The van der Waals surface area contributed by atoms with Gasteiger partial charge in [-0.15, -0.1) is 12.4 Å². The monoisotopic (exact) mass is 302 g/mol. The zero-order valence-electron chi connectivity index (χ0n) is 11.3. The molecule has 0 heterocycles. The van der Waals surface area contributed by atoms with E-state index in [4.69, 9.17) is 9.47 Å². The predicted octanol–water partition coefficient (Wildman–Crippen LogP) is 1.79. The van der Waals surface area contributed by atoms with Gasteiger partial charge in [-0.3, -0.25) is 10.2 Å². The minimum absolute atomic E-state index is 0. The first-order chi connectivity index (χ1) is 9.22. The second kappa shape index (κ2) is 11.1. The number of halogens is 1. The number of nitrogens with one attached hydrogen (secondary N) is 2. The highest BCUT2D eigenvalue weighted by Crippen LogP contribution is 1.99. The van der Waals surface area contributed by atoms with Gasteiger partial charge in [0, 0.05) is 6.54 Å². The number of carbonyl (C=O) groups excluding carboxylic acids is 2. The van der Waals surface area contributed by atoms with Gasteiger partial charge in [0.05, 0.1) is 13.0 Å². The van der Waals surface area contributed by atoms with Crippen LogP contribution >= 0.6 is 12.4 Å². The normalized spacial score (nSPS) is 9.25. The van der Waals surface area contributed by atoms with Gasteiger partial charge >= 0.3 is 12.1 Å². The van der Waals surface area contributed by atoms with Crippen molar-refractivity contribution in [3.63, 3.8) is 0 Å². The van der Waals surface area contributed by atoms with Crippen molar-refractivity contribution in [3.05, 3.63) is 35.9 Å². The molecule has 0 spiro atoms. The maximum Gasteiger partial charge on any atom is 0.421 e. The molecule has 0 aliphatic heterocycles. The van der Waals surface area contributed by atoms with Crippen LogP contribution in [0.5, 0.6) is 0 Å². The molecule has 0 bridgehead atoms. The van der Waals surface area contributed by atoms with Crippen LogP contribution in [0.25, 0.3) is 0 Å². The molecule has 0 saturated heterocycles. The molecule has 1 aromatic rings. The number of benzene rings is 1. The van der Waals surface area contributed by atoms with Crippen LogP contribution in [0, 0.1) is 0 Å². The van der Waals surface area contributed by atoms with E-state index in [1.165, 1.54) is 0 Å². The lowest BCUT2D eigenvalue weighted by atomic mass is 10.2. The highest BCUT2D eigenvalue weighted by Gasteiger charge is 2.03. The molecular weight excluding hydrogens is 284 g/mol. The molecule has 0 aliphatic rings. The van der Waals surface area contributed by atoms with Crippen LogP contribution in [-0.4, -0.2) is 25.2 Å². The predicted molar refractivity (Wildman–Crippen MR) is 76.3 cm³/mol. The average Bonchev–Trinajstić information content (AvgIpc) is 2.43. The summed E-state index contributed by atoms with van der Waals surface area (Å²) >= 11 is 0. The Hall–Kier alpha value is -1.79. The van der Waals surface area contributed by atoms with E-state index in [9.17, 15) is 9.59 Å². The highest BCUT2D eigenvalue weighted by atomic mass is 35.5. The summed E-state index contributed by atoms with van der Waals surface area (Å²) < 4.78 is 9.69. The van der Waals surface area contributed by atoms with Crippen LogP contribution in [-0.2, 0) is 20.9 Å². The van der Waals surface area contributed by atoms with E-state index in [0.717, 1.165) is 5.56 Å². The van der Waals surface area contributed by atoms with Crippen molar-refractivity contribution >= 4 is 24.5 Å². The van der Waals surface area contributed by atoms with Crippen molar-refractivity contribution in [2.24, 2.45) is 0 Å². The number of amides is 1. The SMILES string of the molecule is CCOC(=O)CCNNC(=O)OCc1ccccc1.Cl. The van der Waals surface area contributed by atoms with Crippen LogP contribution in [0.15, 0.2) is 30.3 Å². The Morgan fingerprint density at radius 2 is 1.85 bits per heavy atom. The minimum atomic E-state index is -0.590. The average molecular weight is 303 g/mol. The molecule has 1 amide bonds. The number of hydrogen-bond acceptors (Lipinski definition) is 5. The third-order valence-electron chi connectivity index (χ3n) is 2.16. The lowest BCUT2D eigenvalue weighted by molar-refractivity contribution is -0.143. The molecule has 2 N–H and O–H groups in total. The van der Waals surface area contributed by atoms with Gasteiger partial charge in [0.15, 0.2) is 0 Å².